The first kappa shape index (κ1) is 13.5. The molecule has 2 rings (SSSR count). The van der Waals surface area contributed by atoms with Crippen LogP contribution in [0.25, 0.3) is 11.4 Å². The Morgan fingerprint density at radius 2 is 2.16 bits per heavy atom. The molecule has 0 spiro atoms. The van der Waals surface area contributed by atoms with E-state index >= 15 is 0 Å². The molecular formula is C15H18N2O2. The van der Waals surface area contributed by atoms with Crippen molar-refractivity contribution in [2.45, 2.75) is 19.8 Å². The van der Waals surface area contributed by atoms with Crippen molar-refractivity contribution < 1.29 is 4.74 Å². The number of H-pyrrole nitrogens is 1. The molecule has 0 aliphatic rings. The molecule has 0 amide bonds. The quantitative estimate of drug-likeness (QED) is 0.837. The number of ether oxygens (including phenoxy) is 1. The molecule has 1 N–H and O–H groups in total. The lowest BCUT2D eigenvalue weighted by molar-refractivity contribution is 0.195. The predicted octanol–water partition coefficient (Wildman–Crippen LogP) is 2.32. The molecule has 19 heavy (non-hydrogen) atoms. The highest BCUT2D eigenvalue weighted by atomic mass is 16.5. The zero-order valence-corrected chi connectivity index (χ0v) is 11.3. The Bertz CT molecular complexity index is 605. The summed E-state index contributed by atoms with van der Waals surface area (Å²) in [6, 6.07) is 9.49. The van der Waals surface area contributed by atoms with E-state index in [4.69, 9.17) is 4.74 Å². The molecule has 0 saturated carbocycles. The number of nitrogens with zero attached hydrogens (tertiary/aromatic N) is 1. The smallest absolute Gasteiger partial charge is 0.251 e. The van der Waals surface area contributed by atoms with Gasteiger partial charge in [-0.3, -0.25) is 4.79 Å². The van der Waals surface area contributed by atoms with Gasteiger partial charge in [-0.1, -0.05) is 23.8 Å². The van der Waals surface area contributed by atoms with E-state index < -0.39 is 0 Å². The van der Waals surface area contributed by atoms with Crippen molar-refractivity contribution in [3.63, 3.8) is 0 Å². The van der Waals surface area contributed by atoms with Gasteiger partial charge in [0.25, 0.3) is 5.56 Å². The summed E-state index contributed by atoms with van der Waals surface area (Å²) in [5.74, 6) is 0.628. The first-order valence-electron chi connectivity index (χ1n) is 6.35. The van der Waals surface area contributed by atoms with Gasteiger partial charge in [-0.25, -0.2) is 4.98 Å². The van der Waals surface area contributed by atoms with Crippen molar-refractivity contribution in [2.24, 2.45) is 0 Å². The topological polar surface area (TPSA) is 55.0 Å². The van der Waals surface area contributed by atoms with Gasteiger partial charge in [-0.2, -0.15) is 0 Å². The molecule has 1 heterocycles. The van der Waals surface area contributed by atoms with E-state index in [1.165, 1.54) is 0 Å². The highest BCUT2D eigenvalue weighted by Crippen LogP contribution is 2.15. The number of aryl methyl sites for hydroxylation is 2. The summed E-state index contributed by atoms with van der Waals surface area (Å²) >= 11 is 0. The van der Waals surface area contributed by atoms with Crippen LogP contribution in [0.4, 0.5) is 0 Å². The third-order valence-electron chi connectivity index (χ3n) is 2.87. The summed E-state index contributed by atoms with van der Waals surface area (Å²) in [6.07, 6.45) is 1.61. The van der Waals surface area contributed by atoms with Gasteiger partial charge >= 0.3 is 0 Å². The fourth-order valence-electron chi connectivity index (χ4n) is 1.96. The Morgan fingerprint density at radius 1 is 1.32 bits per heavy atom. The van der Waals surface area contributed by atoms with Crippen molar-refractivity contribution >= 4 is 0 Å². The second kappa shape index (κ2) is 6.29. The highest BCUT2D eigenvalue weighted by Gasteiger charge is 2.04. The summed E-state index contributed by atoms with van der Waals surface area (Å²) in [5.41, 5.74) is 2.77. The number of aromatic nitrogens is 2. The number of hydrogen-bond acceptors (Lipinski definition) is 3. The Hall–Kier alpha value is -1.94. The van der Waals surface area contributed by atoms with Crippen LogP contribution >= 0.6 is 0 Å². The van der Waals surface area contributed by atoms with E-state index in [0.717, 1.165) is 29.7 Å². The SMILES string of the molecule is COCCCc1cc(=O)[nH]c(-c2cccc(C)c2)n1. The third kappa shape index (κ3) is 3.76. The average Bonchev–Trinajstić information content (AvgIpc) is 2.38. The Morgan fingerprint density at radius 3 is 2.89 bits per heavy atom. The molecule has 100 valence electrons. The number of hydrogen-bond donors (Lipinski definition) is 1. The highest BCUT2D eigenvalue weighted by molar-refractivity contribution is 5.55. The maximum atomic E-state index is 11.7. The number of benzene rings is 1. The number of methoxy groups -OCH3 is 1. The van der Waals surface area contributed by atoms with Crippen LogP contribution in [-0.4, -0.2) is 23.7 Å². The average molecular weight is 258 g/mol. The normalized spacial score (nSPS) is 10.6. The van der Waals surface area contributed by atoms with E-state index in [9.17, 15) is 4.79 Å². The van der Waals surface area contributed by atoms with Crippen molar-refractivity contribution in [1.29, 1.82) is 0 Å². The second-order valence-corrected chi connectivity index (χ2v) is 4.55. The molecule has 0 bridgehead atoms. The maximum Gasteiger partial charge on any atom is 0.251 e. The zero-order chi connectivity index (χ0) is 13.7. The molecule has 0 aliphatic heterocycles. The predicted molar refractivity (Wildman–Crippen MR) is 75.2 cm³/mol. The second-order valence-electron chi connectivity index (χ2n) is 4.55. The maximum absolute atomic E-state index is 11.7. The van der Waals surface area contributed by atoms with Crippen molar-refractivity contribution in [3.05, 3.63) is 51.9 Å². The minimum Gasteiger partial charge on any atom is -0.385 e. The molecule has 0 fully saturated rings. The fourth-order valence-corrected chi connectivity index (χ4v) is 1.96. The van der Waals surface area contributed by atoms with Crippen LogP contribution in [0.15, 0.2) is 35.1 Å². The number of nitrogens with one attached hydrogen (secondary N) is 1. The van der Waals surface area contributed by atoms with E-state index in [1.54, 1.807) is 13.2 Å². The molecule has 4 heteroatoms. The molecule has 2 aromatic rings. The van der Waals surface area contributed by atoms with Gasteiger partial charge in [0.15, 0.2) is 0 Å². The minimum atomic E-state index is -0.112. The largest absolute Gasteiger partial charge is 0.385 e. The Kier molecular flexibility index (Phi) is 4.47. The fraction of sp³-hybridized carbons (Fsp3) is 0.333. The van der Waals surface area contributed by atoms with Gasteiger partial charge in [0.1, 0.15) is 5.82 Å². The molecule has 0 aliphatic carbocycles. The van der Waals surface area contributed by atoms with E-state index in [2.05, 4.69) is 9.97 Å². The molecule has 0 atom stereocenters. The molecule has 1 aromatic heterocycles. The van der Waals surface area contributed by atoms with Gasteiger partial charge in [0.2, 0.25) is 0 Å². The summed E-state index contributed by atoms with van der Waals surface area (Å²) in [6.45, 7) is 2.69. The monoisotopic (exact) mass is 258 g/mol. The number of aromatic amines is 1. The van der Waals surface area contributed by atoms with Crippen LogP contribution in [-0.2, 0) is 11.2 Å². The molecule has 0 saturated heterocycles. The van der Waals surface area contributed by atoms with Crippen LogP contribution in [0.3, 0.4) is 0 Å². The van der Waals surface area contributed by atoms with E-state index in [-0.39, 0.29) is 5.56 Å². The summed E-state index contributed by atoms with van der Waals surface area (Å²) < 4.78 is 5.01. The lowest BCUT2D eigenvalue weighted by Crippen LogP contribution is -2.11. The summed E-state index contributed by atoms with van der Waals surface area (Å²) in [5, 5.41) is 0. The summed E-state index contributed by atoms with van der Waals surface area (Å²) in [7, 11) is 1.67. The molecule has 1 aromatic carbocycles. The first-order valence-corrected chi connectivity index (χ1v) is 6.35. The van der Waals surface area contributed by atoms with Gasteiger partial charge in [-0.05, 0) is 25.8 Å². The van der Waals surface area contributed by atoms with Crippen molar-refractivity contribution in [2.75, 3.05) is 13.7 Å². The lowest BCUT2D eigenvalue weighted by Gasteiger charge is -2.05. The molecule has 0 radical (unpaired) electrons. The third-order valence-corrected chi connectivity index (χ3v) is 2.87. The minimum absolute atomic E-state index is 0.112. The van der Waals surface area contributed by atoms with Crippen LogP contribution < -0.4 is 5.56 Å². The first-order chi connectivity index (χ1) is 9.19. The van der Waals surface area contributed by atoms with Crippen LogP contribution in [0.2, 0.25) is 0 Å². The van der Waals surface area contributed by atoms with Gasteiger partial charge in [-0.15, -0.1) is 0 Å². The van der Waals surface area contributed by atoms with Crippen LogP contribution in [0, 0.1) is 6.92 Å². The molecular weight excluding hydrogens is 240 g/mol. The van der Waals surface area contributed by atoms with Gasteiger partial charge in [0, 0.05) is 31.0 Å². The van der Waals surface area contributed by atoms with Gasteiger partial charge in [0.05, 0.1) is 0 Å². The standard InChI is InChI=1S/C15H18N2O2/c1-11-5-3-6-12(9-11)15-16-13(7-4-8-19-2)10-14(18)17-15/h3,5-6,9-10H,4,7-8H2,1-2H3,(H,16,17,18). The van der Waals surface area contributed by atoms with Crippen LogP contribution in [0.1, 0.15) is 17.7 Å². The van der Waals surface area contributed by atoms with Gasteiger partial charge < -0.3 is 9.72 Å². The number of rotatable bonds is 5. The Labute approximate surface area is 112 Å². The van der Waals surface area contributed by atoms with Crippen molar-refractivity contribution in [1.82, 2.24) is 9.97 Å². The molecule has 4 nitrogen and oxygen atoms in total. The summed E-state index contributed by atoms with van der Waals surface area (Å²) in [4.78, 5) is 19.0. The lowest BCUT2D eigenvalue weighted by atomic mass is 10.1. The molecule has 0 unspecified atom stereocenters. The zero-order valence-electron chi connectivity index (χ0n) is 11.3. The van der Waals surface area contributed by atoms with E-state index in [0.29, 0.717) is 12.4 Å². The van der Waals surface area contributed by atoms with Crippen molar-refractivity contribution in [3.8, 4) is 11.4 Å². The van der Waals surface area contributed by atoms with Crippen LogP contribution in [0.5, 0.6) is 0 Å². The van der Waals surface area contributed by atoms with E-state index in [1.807, 2.05) is 31.2 Å². The Balaban J connectivity index is 2.28.